The van der Waals surface area contributed by atoms with E-state index in [0.717, 1.165) is 21.4 Å². The fraction of sp³-hybridized carbons (Fsp3) is 0.133. The number of rotatable bonds is 5. The van der Waals surface area contributed by atoms with Crippen molar-refractivity contribution >= 4 is 35.1 Å². The fourth-order valence-electron chi connectivity index (χ4n) is 4.85. The van der Waals surface area contributed by atoms with Crippen LogP contribution >= 0.6 is 0 Å². The molecular weight excluding hydrogens is 482 g/mol. The van der Waals surface area contributed by atoms with Gasteiger partial charge < -0.3 is 9.47 Å². The highest BCUT2D eigenvalue weighted by Crippen LogP contribution is 2.40. The Balaban J connectivity index is 1.33. The molecule has 2 aliphatic rings. The number of hydrogen-bond acceptors (Lipinski definition) is 6. The molecule has 0 aliphatic carbocycles. The van der Waals surface area contributed by atoms with Crippen molar-refractivity contribution in [1.82, 2.24) is 14.8 Å². The topological polar surface area (TPSA) is 89.0 Å². The summed E-state index contributed by atoms with van der Waals surface area (Å²) in [6.07, 6.45) is 1.04. The van der Waals surface area contributed by atoms with E-state index in [1.807, 2.05) is 66.7 Å². The second-order valence-electron chi connectivity index (χ2n) is 9.03. The van der Waals surface area contributed by atoms with Crippen LogP contribution in [0.3, 0.4) is 0 Å². The number of ether oxygens (including phenoxy) is 2. The zero-order chi connectivity index (χ0) is 26.1. The smallest absolute Gasteiger partial charge is 0.423 e. The number of benzene rings is 3. The minimum atomic E-state index is -0.921. The Kier molecular flexibility index (Phi) is 6.05. The number of imide groups is 1. The zero-order valence-corrected chi connectivity index (χ0v) is 20.2. The number of para-hydroxylation sites is 2. The molecule has 3 atom stereocenters. The quantitative estimate of drug-likeness (QED) is 0.336. The molecule has 0 bridgehead atoms. The van der Waals surface area contributed by atoms with Crippen LogP contribution < -0.4 is 4.74 Å². The van der Waals surface area contributed by atoms with Crippen LogP contribution in [0.4, 0.5) is 9.59 Å². The zero-order valence-electron chi connectivity index (χ0n) is 20.2. The predicted molar refractivity (Wildman–Crippen MR) is 140 cm³/mol. The minimum absolute atomic E-state index is 0.109. The second kappa shape index (κ2) is 9.82. The van der Waals surface area contributed by atoms with Crippen LogP contribution in [0.2, 0.25) is 0 Å². The van der Waals surface area contributed by atoms with E-state index in [4.69, 9.17) is 9.47 Å². The standard InChI is InChI=1S/C30H23N3O5/c34-28-24(18-17-22-16-15-20-9-7-8-14-25(20)31-22)27(33(28)30(36)38-23-12-5-2-6-13-23)32-26(19-37-29(32)35)21-10-3-1-4-11-21/h1-18,24,26-27H,19H2/t24-,26?,27-/m1/s1. The van der Waals surface area contributed by atoms with E-state index in [1.54, 1.807) is 42.5 Å². The lowest BCUT2D eigenvalue weighted by Crippen LogP contribution is -2.69. The van der Waals surface area contributed by atoms with E-state index < -0.39 is 36.2 Å². The molecule has 0 saturated carbocycles. The summed E-state index contributed by atoms with van der Waals surface area (Å²) in [5.74, 6) is -0.963. The lowest BCUT2D eigenvalue weighted by Gasteiger charge is -2.48. The van der Waals surface area contributed by atoms with Crippen LogP contribution in [-0.2, 0) is 9.53 Å². The van der Waals surface area contributed by atoms with Crippen LogP contribution in [-0.4, -0.2) is 45.7 Å². The summed E-state index contributed by atoms with van der Waals surface area (Å²) < 4.78 is 10.9. The van der Waals surface area contributed by atoms with E-state index in [-0.39, 0.29) is 6.61 Å². The number of likely N-dealkylation sites (tertiary alicyclic amines) is 1. The van der Waals surface area contributed by atoms with Crippen LogP contribution in [0.1, 0.15) is 17.3 Å². The first-order valence-corrected chi connectivity index (χ1v) is 12.2. The van der Waals surface area contributed by atoms with E-state index in [0.29, 0.717) is 11.4 Å². The highest BCUT2D eigenvalue weighted by atomic mass is 16.6. The number of nitrogens with zero attached hydrogens (tertiary/aromatic N) is 3. The highest BCUT2D eigenvalue weighted by Gasteiger charge is 2.58. The van der Waals surface area contributed by atoms with Crippen molar-refractivity contribution in [2.24, 2.45) is 5.92 Å². The molecule has 3 heterocycles. The first-order chi connectivity index (χ1) is 18.6. The first-order valence-electron chi connectivity index (χ1n) is 12.2. The van der Waals surface area contributed by atoms with E-state index >= 15 is 0 Å². The molecule has 2 aliphatic heterocycles. The summed E-state index contributed by atoms with van der Waals surface area (Å²) in [5.41, 5.74) is 2.32. The molecule has 8 nitrogen and oxygen atoms in total. The molecule has 2 fully saturated rings. The molecular formula is C30H23N3O5. The number of amides is 3. The second-order valence-corrected chi connectivity index (χ2v) is 9.03. The normalized spacial score (nSPS) is 21.0. The Bertz CT molecular complexity index is 1540. The number of carbonyl (C=O) groups excluding carboxylic acids is 3. The Morgan fingerprint density at radius 3 is 2.39 bits per heavy atom. The monoisotopic (exact) mass is 505 g/mol. The van der Waals surface area contributed by atoms with Crippen molar-refractivity contribution in [3.63, 3.8) is 0 Å². The lowest BCUT2D eigenvalue weighted by molar-refractivity contribution is -0.157. The SMILES string of the molecule is O=C(Oc1ccccc1)N1C(=O)[C@H](C=Cc2ccc3ccccc3n2)[C@@H]1N1C(=O)OCC1c1ccccc1. The molecule has 0 N–H and O–H groups in total. The summed E-state index contributed by atoms with van der Waals surface area (Å²) in [6.45, 7) is 0.109. The van der Waals surface area contributed by atoms with Gasteiger partial charge in [-0.3, -0.25) is 9.69 Å². The Hall–Kier alpha value is -4.98. The van der Waals surface area contributed by atoms with Gasteiger partial charge in [0.25, 0.3) is 0 Å². The summed E-state index contributed by atoms with van der Waals surface area (Å²) in [5, 5.41) is 1.00. The van der Waals surface area contributed by atoms with Gasteiger partial charge in [-0.15, -0.1) is 0 Å². The van der Waals surface area contributed by atoms with Crippen molar-refractivity contribution in [3.8, 4) is 5.75 Å². The fourth-order valence-corrected chi connectivity index (χ4v) is 4.85. The molecule has 8 heteroatoms. The number of hydrogen-bond donors (Lipinski definition) is 0. The first kappa shape index (κ1) is 23.4. The maximum atomic E-state index is 13.3. The predicted octanol–water partition coefficient (Wildman–Crippen LogP) is 5.43. The van der Waals surface area contributed by atoms with Crippen molar-refractivity contribution in [2.45, 2.75) is 12.2 Å². The van der Waals surface area contributed by atoms with Gasteiger partial charge in [-0.25, -0.2) is 19.5 Å². The minimum Gasteiger partial charge on any atom is -0.447 e. The number of pyridine rings is 1. The van der Waals surface area contributed by atoms with Gasteiger partial charge in [0.05, 0.1) is 23.2 Å². The van der Waals surface area contributed by atoms with Crippen LogP contribution in [0.25, 0.3) is 17.0 Å². The van der Waals surface area contributed by atoms with Gasteiger partial charge in [-0.2, -0.15) is 0 Å². The Morgan fingerprint density at radius 1 is 0.895 bits per heavy atom. The molecule has 3 aromatic carbocycles. The molecule has 0 radical (unpaired) electrons. The van der Waals surface area contributed by atoms with Crippen molar-refractivity contribution < 1.29 is 23.9 Å². The molecule has 1 aromatic heterocycles. The molecule has 0 spiro atoms. The third kappa shape index (κ3) is 4.26. The number of fused-ring (bicyclic) bond motifs is 1. The maximum Gasteiger partial charge on any atom is 0.423 e. The number of cyclic esters (lactones) is 1. The number of β-lactam (4-membered cyclic amide) rings is 1. The maximum absolute atomic E-state index is 13.3. The molecule has 188 valence electrons. The summed E-state index contributed by atoms with van der Waals surface area (Å²) in [7, 11) is 0. The van der Waals surface area contributed by atoms with Crippen molar-refractivity contribution in [2.75, 3.05) is 6.61 Å². The molecule has 38 heavy (non-hydrogen) atoms. The summed E-state index contributed by atoms with van der Waals surface area (Å²) in [6, 6.07) is 29.0. The largest absolute Gasteiger partial charge is 0.447 e. The average Bonchev–Trinajstić information content (AvgIpc) is 3.32. The van der Waals surface area contributed by atoms with Gasteiger partial charge in [0.1, 0.15) is 18.5 Å². The van der Waals surface area contributed by atoms with Gasteiger partial charge in [0.15, 0.2) is 0 Å². The van der Waals surface area contributed by atoms with E-state index in [2.05, 4.69) is 4.98 Å². The molecule has 3 amide bonds. The third-order valence-electron chi connectivity index (χ3n) is 6.73. The van der Waals surface area contributed by atoms with Crippen LogP contribution in [0.5, 0.6) is 5.75 Å². The Labute approximate surface area is 218 Å². The van der Waals surface area contributed by atoms with Gasteiger partial charge in [0.2, 0.25) is 5.91 Å². The third-order valence-corrected chi connectivity index (χ3v) is 6.73. The lowest BCUT2D eigenvalue weighted by atomic mass is 9.90. The highest BCUT2D eigenvalue weighted by molar-refractivity contribution is 6.02. The van der Waals surface area contributed by atoms with Gasteiger partial charge in [-0.05, 0) is 35.9 Å². The Morgan fingerprint density at radius 2 is 1.61 bits per heavy atom. The van der Waals surface area contributed by atoms with Gasteiger partial charge in [0, 0.05) is 5.39 Å². The number of carbonyl (C=O) groups is 3. The van der Waals surface area contributed by atoms with Gasteiger partial charge in [-0.1, -0.05) is 78.9 Å². The summed E-state index contributed by atoms with van der Waals surface area (Å²) >= 11 is 0. The summed E-state index contributed by atoms with van der Waals surface area (Å²) in [4.78, 5) is 46.5. The van der Waals surface area contributed by atoms with Crippen molar-refractivity contribution in [3.05, 3.63) is 114 Å². The van der Waals surface area contributed by atoms with Crippen LogP contribution in [0, 0.1) is 5.92 Å². The average molecular weight is 506 g/mol. The molecule has 6 rings (SSSR count). The van der Waals surface area contributed by atoms with Gasteiger partial charge >= 0.3 is 12.2 Å². The molecule has 1 unspecified atom stereocenters. The number of aromatic nitrogens is 1. The van der Waals surface area contributed by atoms with Crippen molar-refractivity contribution in [1.29, 1.82) is 0 Å². The van der Waals surface area contributed by atoms with E-state index in [1.165, 1.54) is 4.90 Å². The molecule has 4 aromatic rings. The molecule has 2 saturated heterocycles. The van der Waals surface area contributed by atoms with Crippen LogP contribution in [0.15, 0.2) is 103 Å². The van der Waals surface area contributed by atoms with E-state index in [9.17, 15) is 14.4 Å².